The van der Waals surface area contributed by atoms with E-state index in [1.54, 1.807) is 13.3 Å². The summed E-state index contributed by atoms with van der Waals surface area (Å²) in [6.45, 7) is 3.88. The van der Waals surface area contributed by atoms with Crippen LogP contribution in [0.5, 0.6) is 5.75 Å². The zero-order chi connectivity index (χ0) is 18.3. The van der Waals surface area contributed by atoms with E-state index < -0.39 is 0 Å². The molecule has 0 atom stereocenters. The highest BCUT2D eigenvalue weighted by Crippen LogP contribution is 2.27. The van der Waals surface area contributed by atoms with Gasteiger partial charge in [0.1, 0.15) is 11.3 Å². The molecule has 0 spiro atoms. The number of amides is 1. The van der Waals surface area contributed by atoms with E-state index in [-0.39, 0.29) is 5.91 Å². The van der Waals surface area contributed by atoms with Gasteiger partial charge < -0.3 is 14.5 Å². The molecule has 0 aliphatic rings. The van der Waals surface area contributed by atoms with Gasteiger partial charge in [0.25, 0.3) is 5.91 Å². The Morgan fingerprint density at radius 1 is 1.12 bits per heavy atom. The summed E-state index contributed by atoms with van der Waals surface area (Å²) in [6.07, 6.45) is 1.63. The molecule has 5 heteroatoms. The van der Waals surface area contributed by atoms with Crippen molar-refractivity contribution in [2.24, 2.45) is 0 Å². The number of rotatable bonds is 3. The van der Waals surface area contributed by atoms with Gasteiger partial charge in [0.05, 0.1) is 24.5 Å². The number of carbonyl (C=O) groups is 1. The third-order valence-corrected chi connectivity index (χ3v) is 4.45. The number of methoxy groups -OCH3 is 1. The third-order valence-electron chi connectivity index (χ3n) is 4.45. The molecular weight excluding hydrogens is 328 g/mol. The van der Waals surface area contributed by atoms with Crippen LogP contribution in [0, 0.1) is 13.8 Å². The van der Waals surface area contributed by atoms with E-state index in [1.807, 2.05) is 56.3 Å². The summed E-state index contributed by atoms with van der Waals surface area (Å²) in [5.41, 5.74) is 4.06. The quantitative estimate of drug-likeness (QED) is 0.575. The Labute approximate surface area is 150 Å². The van der Waals surface area contributed by atoms with Crippen molar-refractivity contribution < 1.29 is 13.9 Å². The molecule has 0 aliphatic heterocycles. The van der Waals surface area contributed by atoms with Crippen molar-refractivity contribution in [1.29, 1.82) is 0 Å². The van der Waals surface area contributed by atoms with Crippen LogP contribution >= 0.6 is 0 Å². The summed E-state index contributed by atoms with van der Waals surface area (Å²) < 4.78 is 11.0. The highest BCUT2D eigenvalue weighted by Gasteiger charge is 2.18. The predicted octanol–water partition coefficient (Wildman–Crippen LogP) is 4.86. The van der Waals surface area contributed by atoms with Crippen LogP contribution in [-0.2, 0) is 0 Å². The van der Waals surface area contributed by atoms with Crippen molar-refractivity contribution >= 4 is 33.5 Å². The van der Waals surface area contributed by atoms with Crippen LogP contribution in [0.1, 0.15) is 21.7 Å². The molecule has 4 aromatic rings. The van der Waals surface area contributed by atoms with Gasteiger partial charge in [-0.1, -0.05) is 12.1 Å². The summed E-state index contributed by atoms with van der Waals surface area (Å²) in [6, 6.07) is 13.4. The molecule has 0 bridgehead atoms. The van der Waals surface area contributed by atoms with Gasteiger partial charge in [0.2, 0.25) is 0 Å². The van der Waals surface area contributed by atoms with Crippen LogP contribution in [-0.4, -0.2) is 18.0 Å². The molecule has 2 heterocycles. The monoisotopic (exact) mass is 346 g/mol. The maximum atomic E-state index is 12.7. The lowest BCUT2D eigenvalue weighted by molar-refractivity contribution is 0.0998. The number of hydrogen-bond acceptors (Lipinski definition) is 4. The van der Waals surface area contributed by atoms with Gasteiger partial charge >= 0.3 is 0 Å². The molecule has 26 heavy (non-hydrogen) atoms. The smallest absolute Gasteiger partial charge is 0.291 e. The molecule has 5 nitrogen and oxygen atoms in total. The Hall–Kier alpha value is -3.34. The minimum Gasteiger partial charge on any atom is -0.497 e. The van der Waals surface area contributed by atoms with E-state index in [2.05, 4.69) is 10.3 Å². The number of anilines is 1. The fourth-order valence-electron chi connectivity index (χ4n) is 3.03. The first kappa shape index (κ1) is 16.1. The number of furan rings is 1. The number of fused-ring (bicyclic) bond motifs is 2. The summed E-state index contributed by atoms with van der Waals surface area (Å²) >= 11 is 0. The van der Waals surface area contributed by atoms with Gasteiger partial charge in [-0.15, -0.1) is 0 Å². The molecular formula is C21H18N2O3. The number of benzene rings is 2. The van der Waals surface area contributed by atoms with Crippen LogP contribution in [0.3, 0.4) is 0 Å². The molecule has 0 radical (unpaired) electrons. The van der Waals surface area contributed by atoms with Gasteiger partial charge in [-0.25, -0.2) is 0 Å². The normalized spacial score (nSPS) is 11.0. The Balaban J connectivity index is 1.65. The number of pyridine rings is 1. The minimum absolute atomic E-state index is 0.286. The van der Waals surface area contributed by atoms with E-state index in [9.17, 15) is 4.79 Å². The number of hydrogen-bond donors (Lipinski definition) is 1. The predicted molar refractivity (Wildman–Crippen MR) is 102 cm³/mol. The average molecular weight is 346 g/mol. The van der Waals surface area contributed by atoms with Gasteiger partial charge in [-0.2, -0.15) is 0 Å². The van der Waals surface area contributed by atoms with Crippen LogP contribution in [0.15, 0.2) is 53.1 Å². The Kier molecular flexibility index (Phi) is 3.84. The van der Waals surface area contributed by atoms with Crippen molar-refractivity contribution in [2.45, 2.75) is 13.8 Å². The van der Waals surface area contributed by atoms with Crippen LogP contribution in [0.4, 0.5) is 5.69 Å². The second kappa shape index (κ2) is 6.19. The highest BCUT2D eigenvalue weighted by molar-refractivity contribution is 6.07. The topological polar surface area (TPSA) is 64.4 Å². The largest absolute Gasteiger partial charge is 0.497 e. The van der Waals surface area contributed by atoms with Gasteiger partial charge in [0.15, 0.2) is 5.76 Å². The van der Waals surface area contributed by atoms with Crippen LogP contribution in [0.25, 0.3) is 21.9 Å². The standard InChI is InChI=1S/C21H18N2O3/c1-12-4-7-17-13(2)20(26-19(17)8-12)21(24)23-15-9-14-5-6-16(25-3)10-18(14)22-11-15/h4-11H,1-3H3,(H,23,24). The Morgan fingerprint density at radius 2 is 1.96 bits per heavy atom. The number of carbonyl (C=O) groups excluding carboxylic acids is 1. The molecule has 4 rings (SSSR count). The summed E-state index contributed by atoms with van der Waals surface area (Å²) in [5.74, 6) is 0.779. The number of nitrogens with one attached hydrogen (secondary N) is 1. The number of aromatic nitrogens is 1. The molecule has 2 aromatic heterocycles. The van der Waals surface area contributed by atoms with E-state index in [0.717, 1.165) is 38.7 Å². The van der Waals surface area contributed by atoms with Crippen molar-refractivity contribution in [3.8, 4) is 5.75 Å². The fourth-order valence-corrected chi connectivity index (χ4v) is 3.03. The Morgan fingerprint density at radius 3 is 2.77 bits per heavy atom. The first-order valence-electron chi connectivity index (χ1n) is 8.30. The highest BCUT2D eigenvalue weighted by atomic mass is 16.5. The third kappa shape index (κ3) is 2.77. The van der Waals surface area contributed by atoms with Crippen molar-refractivity contribution in [3.05, 3.63) is 65.5 Å². The van der Waals surface area contributed by atoms with Crippen LogP contribution in [0.2, 0.25) is 0 Å². The van der Waals surface area contributed by atoms with Crippen molar-refractivity contribution in [2.75, 3.05) is 12.4 Å². The number of nitrogens with zero attached hydrogens (tertiary/aromatic N) is 1. The SMILES string of the molecule is COc1ccc2cc(NC(=O)c3oc4cc(C)ccc4c3C)cnc2c1. The van der Waals surface area contributed by atoms with Gasteiger partial charge in [0, 0.05) is 22.4 Å². The zero-order valence-electron chi connectivity index (χ0n) is 14.8. The lowest BCUT2D eigenvalue weighted by Gasteiger charge is -2.06. The molecule has 1 N–H and O–H groups in total. The second-order valence-electron chi connectivity index (χ2n) is 6.29. The van der Waals surface area contributed by atoms with E-state index in [1.165, 1.54) is 0 Å². The molecule has 0 aliphatic carbocycles. The molecule has 0 saturated carbocycles. The van der Waals surface area contributed by atoms with Crippen molar-refractivity contribution in [1.82, 2.24) is 4.98 Å². The fraction of sp³-hybridized carbons (Fsp3) is 0.143. The number of aryl methyl sites for hydroxylation is 2. The van der Waals surface area contributed by atoms with Gasteiger partial charge in [-0.05, 0) is 43.7 Å². The molecule has 2 aromatic carbocycles. The first-order valence-corrected chi connectivity index (χ1v) is 8.30. The molecule has 1 amide bonds. The first-order chi connectivity index (χ1) is 12.5. The number of ether oxygens (including phenoxy) is 1. The minimum atomic E-state index is -0.286. The molecule has 0 saturated heterocycles. The average Bonchev–Trinajstić information content (AvgIpc) is 2.97. The van der Waals surface area contributed by atoms with Gasteiger partial charge in [-0.3, -0.25) is 9.78 Å². The molecule has 0 unspecified atom stereocenters. The summed E-state index contributed by atoms with van der Waals surface area (Å²) in [7, 11) is 1.62. The Bertz CT molecular complexity index is 1140. The van der Waals surface area contributed by atoms with E-state index >= 15 is 0 Å². The van der Waals surface area contributed by atoms with E-state index in [0.29, 0.717) is 11.4 Å². The lowest BCUT2D eigenvalue weighted by Crippen LogP contribution is -2.12. The molecule has 0 fully saturated rings. The molecule has 130 valence electrons. The van der Waals surface area contributed by atoms with E-state index in [4.69, 9.17) is 9.15 Å². The maximum Gasteiger partial charge on any atom is 0.291 e. The second-order valence-corrected chi connectivity index (χ2v) is 6.29. The maximum absolute atomic E-state index is 12.7. The lowest BCUT2D eigenvalue weighted by atomic mass is 10.1. The summed E-state index contributed by atoms with van der Waals surface area (Å²) in [5, 5.41) is 4.73. The van der Waals surface area contributed by atoms with Crippen LogP contribution < -0.4 is 10.1 Å². The summed E-state index contributed by atoms with van der Waals surface area (Å²) in [4.78, 5) is 17.1. The zero-order valence-corrected chi connectivity index (χ0v) is 14.8. The van der Waals surface area contributed by atoms with Crippen molar-refractivity contribution in [3.63, 3.8) is 0 Å².